The number of nitrogens with two attached hydrogens (primary N) is 1. The number of amides is 2. The topological polar surface area (TPSA) is 92.9 Å². The molecule has 0 bridgehead atoms. The molecule has 104 valence electrons. The van der Waals surface area contributed by atoms with Crippen LogP contribution in [0.1, 0.15) is 24.4 Å². The summed E-state index contributed by atoms with van der Waals surface area (Å²) in [4.78, 5) is 19.3. The van der Waals surface area contributed by atoms with E-state index in [1.165, 1.54) is 0 Å². The van der Waals surface area contributed by atoms with Crippen LogP contribution in [0.5, 0.6) is 0 Å². The second-order valence-electron chi connectivity index (χ2n) is 4.46. The minimum absolute atomic E-state index is 0.0404. The molecule has 4 N–H and O–H groups in total. The molecule has 0 fully saturated rings. The minimum atomic E-state index is -0.575. The van der Waals surface area contributed by atoms with Gasteiger partial charge >= 0.3 is 6.03 Å². The van der Waals surface area contributed by atoms with Crippen molar-refractivity contribution in [2.75, 3.05) is 10.6 Å². The van der Waals surface area contributed by atoms with Crippen LogP contribution >= 0.6 is 0 Å². The van der Waals surface area contributed by atoms with Gasteiger partial charge in [-0.25, -0.2) is 4.79 Å². The highest BCUT2D eigenvalue weighted by Gasteiger charge is 2.10. The molecular weight excluding hydrogens is 254 g/mol. The second kappa shape index (κ2) is 6.01. The summed E-state index contributed by atoms with van der Waals surface area (Å²) < 4.78 is 0. The van der Waals surface area contributed by atoms with Gasteiger partial charge in [-0.1, -0.05) is 0 Å². The Morgan fingerprint density at radius 1 is 1.15 bits per heavy atom. The molecular formula is C14H17N5O. The monoisotopic (exact) mass is 271 g/mol. The van der Waals surface area contributed by atoms with Crippen molar-refractivity contribution in [2.45, 2.75) is 19.9 Å². The summed E-state index contributed by atoms with van der Waals surface area (Å²) >= 11 is 0. The van der Waals surface area contributed by atoms with E-state index in [0.29, 0.717) is 5.69 Å². The number of carbonyl (C=O) groups excluding carboxylic acids is 1. The van der Waals surface area contributed by atoms with Gasteiger partial charge < -0.3 is 16.4 Å². The van der Waals surface area contributed by atoms with Crippen molar-refractivity contribution in [3.63, 3.8) is 0 Å². The molecule has 0 aliphatic rings. The SMILES string of the molecule is Cc1nccnc1C(C)Nc1ccc(NC(N)=O)cc1. The Morgan fingerprint density at radius 3 is 2.35 bits per heavy atom. The van der Waals surface area contributed by atoms with E-state index in [0.717, 1.165) is 17.1 Å². The first-order chi connectivity index (χ1) is 9.56. The van der Waals surface area contributed by atoms with E-state index >= 15 is 0 Å². The van der Waals surface area contributed by atoms with Crippen molar-refractivity contribution >= 4 is 17.4 Å². The van der Waals surface area contributed by atoms with Crippen molar-refractivity contribution in [1.29, 1.82) is 0 Å². The molecule has 1 unspecified atom stereocenters. The summed E-state index contributed by atoms with van der Waals surface area (Å²) in [6.07, 6.45) is 3.36. The summed E-state index contributed by atoms with van der Waals surface area (Å²) in [7, 11) is 0. The van der Waals surface area contributed by atoms with E-state index in [-0.39, 0.29) is 6.04 Å². The summed E-state index contributed by atoms with van der Waals surface area (Å²) in [6.45, 7) is 3.95. The Labute approximate surface area is 117 Å². The first-order valence-electron chi connectivity index (χ1n) is 6.27. The average molecular weight is 271 g/mol. The zero-order chi connectivity index (χ0) is 14.5. The number of nitrogens with zero attached hydrogens (tertiary/aromatic N) is 2. The zero-order valence-corrected chi connectivity index (χ0v) is 11.4. The van der Waals surface area contributed by atoms with Crippen LogP contribution < -0.4 is 16.4 Å². The van der Waals surface area contributed by atoms with Gasteiger partial charge in [0.15, 0.2) is 0 Å². The molecule has 1 aromatic carbocycles. The molecule has 0 aliphatic carbocycles. The molecule has 2 rings (SSSR count). The standard InChI is InChI=1S/C14H17N5O/c1-9-13(17-8-7-16-9)10(2)18-11-3-5-12(6-4-11)19-14(15)20/h3-8,10,18H,1-2H3,(H3,15,19,20). The largest absolute Gasteiger partial charge is 0.377 e. The number of anilines is 2. The van der Waals surface area contributed by atoms with E-state index in [1.807, 2.05) is 26.0 Å². The highest BCUT2D eigenvalue weighted by Crippen LogP contribution is 2.20. The molecule has 2 amide bonds. The van der Waals surface area contributed by atoms with Crippen LogP contribution in [0.4, 0.5) is 16.2 Å². The van der Waals surface area contributed by atoms with Gasteiger partial charge in [0.1, 0.15) is 0 Å². The van der Waals surface area contributed by atoms with Gasteiger partial charge in [-0.05, 0) is 38.1 Å². The highest BCUT2D eigenvalue weighted by atomic mass is 16.2. The Hall–Kier alpha value is -2.63. The third-order valence-electron chi connectivity index (χ3n) is 2.86. The molecule has 20 heavy (non-hydrogen) atoms. The summed E-state index contributed by atoms with van der Waals surface area (Å²) in [5.41, 5.74) is 8.45. The Kier molecular flexibility index (Phi) is 4.14. The smallest absolute Gasteiger partial charge is 0.316 e. The highest BCUT2D eigenvalue weighted by molar-refractivity contribution is 5.87. The van der Waals surface area contributed by atoms with Crippen molar-refractivity contribution in [2.24, 2.45) is 5.73 Å². The van der Waals surface area contributed by atoms with Gasteiger partial charge in [0, 0.05) is 23.8 Å². The van der Waals surface area contributed by atoms with Crippen molar-refractivity contribution in [1.82, 2.24) is 9.97 Å². The van der Waals surface area contributed by atoms with Gasteiger partial charge in [-0.2, -0.15) is 0 Å². The third kappa shape index (κ3) is 3.44. The lowest BCUT2D eigenvalue weighted by molar-refractivity contribution is 0.259. The number of primary amides is 1. The number of benzene rings is 1. The number of aromatic nitrogens is 2. The van der Waals surface area contributed by atoms with Crippen LogP contribution in [-0.2, 0) is 0 Å². The summed E-state index contributed by atoms with van der Waals surface area (Å²) in [6, 6.07) is 6.76. The van der Waals surface area contributed by atoms with Crippen LogP contribution in [-0.4, -0.2) is 16.0 Å². The number of aryl methyl sites for hydroxylation is 1. The van der Waals surface area contributed by atoms with E-state index < -0.39 is 6.03 Å². The number of hydrogen-bond acceptors (Lipinski definition) is 4. The number of nitrogens with one attached hydrogen (secondary N) is 2. The lowest BCUT2D eigenvalue weighted by Crippen LogP contribution is -2.19. The number of urea groups is 1. The predicted molar refractivity (Wildman–Crippen MR) is 78.5 cm³/mol. The van der Waals surface area contributed by atoms with Crippen molar-refractivity contribution in [3.05, 3.63) is 48.0 Å². The lowest BCUT2D eigenvalue weighted by atomic mass is 10.1. The normalized spacial score (nSPS) is 11.7. The van der Waals surface area contributed by atoms with Crippen LogP contribution in [0.25, 0.3) is 0 Å². The molecule has 6 heteroatoms. The minimum Gasteiger partial charge on any atom is -0.377 e. The Bertz CT molecular complexity index is 597. The molecule has 0 radical (unpaired) electrons. The average Bonchev–Trinajstić information content (AvgIpc) is 2.41. The molecule has 6 nitrogen and oxygen atoms in total. The van der Waals surface area contributed by atoms with E-state index in [4.69, 9.17) is 5.73 Å². The molecule has 0 aliphatic heterocycles. The van der Waals surface area contributed by atoms with Crippen LogP contribution in [0.15, 0.2) is 36.7 Å². The number of carbonyl (C=O) groups is 1. The molecule has 1 atom stereocenters. The maximum absolute atomic E-state index is 10.7. The third-order valence-corrected chi connectivity index (χ3v) is 2.86. The summed E-state index contributed by atoms with van der Waals surface area (Å²) in [5, 5.41) is 5.85. The van der Waals surface area contributed by atoms with Crippen LogP contribution in [0, 0.1) is 6.92 Å². The quantitative estimate of drug-likeness (QED) is 0.796. The molecule has 0 saturated heterocycles. The van der Waals surface area contributed by atoms with Crippen molar-refractivity contribution < 1.29 is 4.79 Å². The second-order valence-corrected chi connectivity index (χ2v) is 4.46. The molecule has 0 saturated carbocycles. The fraction of sp³-hybridized carbons (Fsp3) is 0.214. The van der Waals surface area contributed by atoms with Gasteiger partial charge in [-0.15, -0.1) is 0 Å². The Balaban J connectivity index is 2.06. The first kappa shape index (κ1) is 13.8. The maximum Gasteiger partial charge on any atom is 0.316 e. The van der Waals surface area contributed by atoms with Gasteiger partial charge in [0.05, 0.1) is 17.4 Å². The predicted octanol–water partition coefficient (Wildman–Crippen LogP) is 2.45. The fourth-order valence-corrected chi connectivity index (χ4v) is 1.95. The molecule has 0 spiro atoms. The molecule has 2 aromatic rings. The summed E-state index contributed by atoms with van der Waals surface area (Å²) in [5.74, 6) is 0. The van der Waals surface area contributed by atoms with Crippen LogP contribution in [0.3, 0.4) is 0 Å². The number of rotatable bonds is 4. The zero-order valence-electron chi connectivity index (χ0n) is 11.4. The van der Waals surface area contributed by atoms with E-state index in [9.17, 15) is 4.79 Å². The molecule has 1 heterocycles. The number of hydrogen-bond donors (Lipinski definition) is 3. The van der Waals surface area contributed by atoms with E-state index in [1.54, 1.807) is 24.5 Å². The molecule has 1 aromatic heterocycles. The van der Waals surface area contributed by atoms with E-state index in [2.05, 4.69) is 20.6 Å². The lowest BCUT2D eigenvalue weighted by Gasteiger charge is -2.16. The first-order valence-corrected chi connectivity index (χ1v) is 6.27. The Morgan fingerprint density at radius 2 is 1.75 bits per heavy atom. The van der Waals surface area contributed by atoms with Crippen molar-refractivity contribution in [3.8, 4) is 0 Å². The fourth-order valence-electron chi connectivity index (χ4n) is 1.95. The van der Waals surface area contributed by atoms with Gasteiger partial charge in [0.2, 0.25) is 0 Å². The van der Waals surface area contributed by atoms with Crippen LogP contribution in [0.2, 0.25) is 0 Å². The maximum atomic E-state index is 10.7. The van der Waals surface area contributed by atoms with Gasteiger partial charge in [-0.3, -0.25) is 9.97 Å². The van der Waals surface area contributed by atoms with Gasteiger partial charge in [0.25, 0.3) is 0 Å².